The first kappa shape index (κ1) is 18.1. The third-order valence-corrected chi connectivity index (χ3v) is 3.92. The number of fused-ring (bicyclic) bond motifs is 1. The summed E-state index contributed by atoms with van der Waals surface area (Å²) < 4.78 is 20.4. The van der Waals surface area contributed by atoms with E-state index in [0.717, 1.165) is 11.4 Å². The minimum atomic E-state index is -0.329. The maximum absolute atomic E-state index is 13.2. The maximum atomic E-state index is 13.2. The van der Waals surface area contributed by atoms with Gasteiger partial charge in [0.25, 0.3) is 0 Å². The number of aromatic nitrogens is 4. The molecule has 2 aromatic heterocycles. The molecular weight excluding hydrogens is 337 g/mol. The van der Waals surface area contributed by atoms with E-state index in [1.807, 2.05) is 31.5 Å². The highest BCUT2D eigenvalue weighted by Crippen LogP contribution is 2.13. The van der Waals surface area contributed by atoms with E-state index in [-0.39, 0.29) is 31.0 Å². The molecule has 0 unspecified atom stereocenters. The number of benzene rings is 1. The van der Waals surface area contributed by atoms with Gasteiger partial charge in [-0.05, 0) is 45.0 Å². The van der Waals surface area contributed by atoms with Gasteiger partial charge in [-0.15, -0.1) is 0 Å². The van der Waals surface area contributed by atoms with E-state index >= 15 is 0 Å². The van der Waals surface area contributed by atoms with Crippen molar-refractivity contribution in [3.8, 4) is 0 Å². The van der Waals surface area contributed by atoms with Gasteiger partial charge in [0.2, 0.25) is 5.91 Å². The number of H-pyrrole nitrogens is 1. The number of hydrogen-bond acceptors (Lipinski definition) is 4. The van der Waals surface area contributed by atoms with Crippen molar-refractivity contribution in [2.24, 2.45) is 0 Å². The van der Waals surface area contributed by atoms with Crippen LogP contribution in [0.5, 0.6) is 0 Å². The molecule has 0 spiro atoms. The first-order valence-electron chi connectivity index (χ1n) is 8.43. The third kappa shape index (κ3) is 4.45. The number of carbonyl (C=O) groups excluding carboxylic acids is 1. The fraction of sp³-hybridized carbons (Fsp3) is 0.389. The Morgan fingerprint density at radius 1 is 1.38 bits per heavy atom. The van der Waals surface area contributed by atoms with Crippen LogP contribution in [0, 0.1) is 19.7 Å². The van der Waals surface area contributed by atoms with E-state index < -0.39 is 0 Å². The topological polar surface area (TPSA) is 84.8 Å². The quantitative estimate of drug-likeness (QED) is 0.677. The van der Waals surface area contributed by atoms with Gasteiger partial charge in [0, 0.05) is 11.7 Å². The van der Waals surface area contributed by atoms with Gasteiger partial charge in [-0.25, -0.2) is 9.37 Å². The molecule has 26 heavy (non-hydrogen) atoms. The number of ether oxygens (including phenoxy) is 1. The number of nitrogens with zero attached hydrogens (tertiary/aromatic N) is 3. The van der Waals surface area contributed by atoms with Gasteiger partial charge in [-0.1, -0.05) is 0 Å². The molecule has 7 nitrogen and oxygen atoms in total. The predicted octanol–water partition coefficient (Wildman–Crippen LogP) is 2.24. The largest absolute Gasteiger partial charge is 0.364 e. The SMILES string of the molecule is Cc1cc(C)n(C[C@H](C)NC(=O)COCc2nc3ccc(F)cc3[nH]2)n1. The third-order valence-electron chi connectivity index (χ3n) is 3.92. The van der Waals surface area contributed by atoms with Gasteiger partial charge >= 0.3 is 0 Å². The highest BCUT2D eigenvalue weighted by molar-refractivity contribution is 5.77. The molecule has 8 heteroatoms. The summed E-state index contributed by atoms with van der Waals surface area (Å²) in [5.74, 6) is 0.0138. The van der Waals surface area contributed by atoms with Crippen LogP contribution in [0.3, 0.4) is 0 Å². The smallest absolute Gasteiger partial charge is 0.246 e. The Bertz CT molecular complexity index is 918. The predicted molar refractivity (Wildman–Crippen MR) is 95.0 cm³/mol. The van der Waals surface area contributed by atoms with Crippen molar-refractivity contribution in [2.45, 2.75) is 40.0 Å². The molecule has 2 N–H and O–H groups in total. The van der Waals surface area contributed by atoms with E-state index in [9.17, 15) is 9.18 Å². The summed E-state index contributed by atoms with van der Waals surface area (Å²) in [4.78, 5) is 19.3. The molecule has 3 rings (SSSR count). The number of imidazole rings is 1. The second-order valence-corrected chi connectivity index (χ2v) is 6.42. The molecular formula is C18H22FN5O2. The summed E-state index contributed by atoms with van der Waals surface area (Å²) >= 11 is 0. The summed E-state index contributed by atoms with van der Waals surface area (Å²) in [5.41, 5.74) is 3.27. The van der Waals surface area contributed by atoms with Crippen molar-refractivity contribution in [1.82, 2.24) is 25.1 Å². The Kier molecular flexibility index (Phi) is 5.32. The number of amides is 1. The van der Waals surface area contributed by atoms with Crippen LogP contribution in [-0.2, 0) is 22.7 Å². The molecule has 0 saturated heterocycles. The minimum Gasteiger partial charge on any atom is -0.364 e. The van der Waals surface area contributed by atoms with Crippen molar-refractivity contribution in [3.05, 3.63) is 47.3 Å². The van der Waals surface area contributed by atoms with E-state index in [0.29, 0.717) is 23.4 Å². The van der Waals surface area contributed by atoms with Gasteiger partial charge in [-0.2, -0.15) is 5.10 Å². The summed E-state index contributed by atoms with van der Waals surface area (Å²) in [7, 11) is 0. The zero-order valence-electron chi connectivity index (χ0n) is 15.0. The average Bonchev–Trinajstić information content (AvgIpc) is 3.09. The lowest BCUT2D eigenvalue weighted by Gasteiger charge is -2.15. The number of halogens is 1. The molecule has 1 aromatic carbocycles. The van der Waals surface area contributed by atoms with E-state index in [1.165, 1.54) is 12.1 Å². The van der Waals surface area contributed by atoms with E-state index in [1.54, 1.807) is 6.07 Å². The van der Waals surface area contributed by atoms with Gasteiger partial charge in [0.1, 0.15) is 24.9 Å². The van der Waals surface area contributed by atoms with Gasteiger partial charge in [0.05, 0.1) is 23.3 Å². The molecule has 138 valence electrons. The zero-order chi connectivity index (χ0) is 18.7. The summed E-state index contributed by atoms with van der Waals surface area (Å²) in [5, 5.41) is 7.26. The van der Waals surface area contributed by atoms with Gasteiger partial charge in [0.15, 0.2) is 0 Å². The van der Waals surface area contributed by atoms with Crippen LogP contribution in [-0.4, -0.2) is 38.3 Å². The molecule has 3 aromatic rings. The molecule has 1 amide bonds. The number of hydrogen-bond donors (Lipinski definition) is 2. The van der Waals surface area contributed by atoms with Crippen molar-refractivity contribution in [3.63, 3.8) is 0 Å². The van der Waals surface area contributed by atoms with Crippen LogP contribution in [0.2, 0.25) is 0 Å². The van der Waals surface area contributed by atoms with Gasteiger partial charge < -0.3 is 15.0 Å². The summed E-state index contributed by atoms with van der Waals surface area (Å²) in [6, 6.07) is 6.25. The first-order chi connectivity index (χ1) is 12.4. The Morgan fingerprint density at radius 3 is 2.92 bits per heavy atom. The molecule has 0 aliphatic rings. The molecule has 0 fully saturated rings. The van der Waals surface area contributed by atoms with Crippen molar-refractivity contribution in [2.75, 3.05) is 6.61 Å². The second kappa shape index (κ2) is 7.65. The van der Waals surface area contributed by atoms with Crippen molar-refractivity contribution >= 4 is 16.9 Å². The molecule has 0 radical (unpaired) electrons. The molecule has 2 heterocycles. The summed E-state index contributed by atoms with van der Waals surface area (Å²) in [6.07, 6.45) is 0. The number of aryl methyl sites for hydroxylation is 2. The minimum absolute atomic E-state index is 0.0710. The highest BCUT2D eigenvalue weighted by atomic mass is 19.1. The van der Waals surface area contributed by atoms with Crippen molar-refractivity contribution < 1.29 is 13.9 Å². The monoisotopic (exact) mass is 359 g/mol. The standard InChI is InChI=1S/C18H22FN5O2/c1-11-6-13(3)24(23-11)8-12(2)20-18(25)10-26-9-17-21-15-5-4-14(19)7-16(15)22-17/h4-7,12H,8-10H2,1-3H3,(H,20,25)(H,21,22)/t12-/m0/s1. The molecule has 0 aliphatic heterocycles. The average molecular weight is 359 g/mol. The van der Waals surface area contributed by atoms with Crippen LogP contribution >= 0.6 is 0 Å². The molecule has 0 bridgehead atoms. The number of nitrogens with one attached hydrogen (secondary N) is 2. The first-order valence-corrected chi connectivity index (χ1v) is 8.43. The van der Waals surface area contributed by atoms with Crippen LogP contribution < -0.4 is 5.32 Å². The fourth-order valence-electron chi connectivity index (χ4n) is 2.82. The Balaban J connectivity index is 1.45. The Hall–Kier alpha value is -2.74. The van der Waals surface area contributed by atoms with Crippen LogP contribution in [0.25, 0.3) is 11.0 Å². The zero-order valence-corrected chi connectivity index (χ0v) is 15.0. The highest BCUT2D eigenvalue weighted by Gasteiger charge is 2.11. The summed E-state index contributed by atoms with van der Waals surface area (Å²) in [6.45, 7) is 6.51. The number of carbonyl (C=O) groups is 1. The van der Waals surface area contributed by atoms with Gasteiger partial charge in [-0.3, -0.25) is 9.48 Å². The molecule has 0 aliphatic carbocycles. The normalized spacial score (nSPS) is 12.5. The molecule has 0 saturated carbocycles. The lowest BCUT2D eigenvalue weighted by atomic mass is 10.3. The van der Waals surface area contributed by atoms with Crippen LogP contribution in [0.15, 0.2) is 24.3 Å². The lowest BCUT2D eigenvalue weighted by molar-refractivity contribution is -0.126. The second-order valence-electron chi connectivity index (χ2n) is 6.42. The lowest BCUT2D eigenvalue weighted by Crippen LogP contribution is -2.38. The number of rotatable bonds is 7. The van der Waals surface area contributed by atoms with Crippen LogP contribution in [0.1, 0.15) is 24.1 Å². The fourth-order valence-corrected chi connectivity index (χ4v) is 2.82. The van der Waals surface area contributed by atoms with E-state index in [4.69, 9.17) is 4.74 Å². The molecule has 1 atom stereocenters. The van der Waals surface area contributed by atoms with Crippen LogP contribution in [0.4, 0.5) is 4.39 Å². The van der Waals surface area contributed by atoms with E-state index in [2.05, 4.69) is 20.4 Å². The number of aromatic amines is 1. The Labute approximate surface area is 150 Å². The van der Waals surface area contributed by atoms with Crippen molar-refractivity contribution in [1.29, 1.82) is 0 Å². The maximum Gasteiger partial charge on any atom is 0.246 e. The Morgan fingerprint density at radius 2 is 2.19 bits per heavy atom.